The molecule has 0 unspecified atom stereocenters. The highest BCUT2D eigenvalue weighted by atomic mass is 35.5. The number of benzene rings is 2. The van der Waals surface area contributed by atoms with Crippen molar-refractivity contribution in [3.63, 3.8) is 0 Å². The van der Waals surface area contributed by atoms with Crippen LogP contribution in [0.4, 0.5) is 11.4 Å². The first-order valence-electron chi connectivity index (χ1n) is 9.80. The third-order valence-electron chi connectivity index (χ3n) is 5.02. The van der Waals surface area contributed by atoms with Crippen LogP contribution in [0, 0.1) is 28.4 Å². The van der Waals surface area contributed by atoms with Gasteiger partial charge in [-0.15, -0.1) is 0 Å². The molecule has 1 aliphatic heterocycles. The van der Waals surface area contributed by atoms with E-state index in [1.165, 1.54) is 22.6 Å². The number of rotatable bonds is 6. The summed E-state index contributed by atoms with van der Waals surface area (Å²) in [7, 11) is -3.64. The van der Waals surface area contributed by atoms with Crippen molar-refractivity contribution in [1.29, 1.82) is 5.26 Å². The Morgan fingerprint density at radius 3 is 2.39 bits per heavy atom. The lowest BCUT2D eigenvalue weighted by atomic mass is 10.2. The number of piperazine rings is 1. The maximum absolute atomic E-state index is 12.8. The Morgan fingerprint density at radius 2 is 1.82 bits per heavy atom. The zero-order chi connectivity index (χ0) is 24.2. The van der Waals surface area contributed by atoms with E-state index < -0.39 is 20.9 Å². The van der Waals surface area contributed by atoms with Gasteiger partial charge >= 0.3 is 0 Å². The van der Waals surface area contributed by atoms with Crippen molar-refractivity contribution in [3.8, 4) is 6.07 Å². The lowest BCUT2D eigenvalue weighted by molar-refractivity contribution is -0.384. The van der Waals surface area contributed by atoms with Crippen LogP contribution >= 0.6 is 11.6 Å². The number of aryl methyl sites for hydroxylation is 1. The molecule has 0 aromatic heterocycles. The van der Waals surface area contributed by atoms with E-state index >= 15 is 0 Å². The molecule has 1 aliphatic rings. The van der Waals surface area contributed by atoms with E-state index in [0.717, 1.165) is 11.6 Å². The molecule has 1 fully saturated rings. The number of non-ortho nitro benzene ring substituents is 1. The summed E-state index contributed by atoms with van der Waals surface area (Å²) in [5.74, 6) is -0.783. The Hall–Kier alpha value is -3.46. The number of nitriles is 1. The number of amides is 1. The van der Waals surface area contributed by atoms with Crippen LogP contribution in [0.15, 0.2) is 59.1 Å². The minimum Gasteiger partial charge on any atom is -0.373 e. The second-order valence-electron chi connectivity index (χ2n) is 7.28. The van der Waals surface area contributed by atoms with Crippen LogP contribution in [0.25, 0.3) is 0 Å². The van der Waals surface area contributed by atoms with Gasteiger partial charge in [0.25, 0.3) is 11.6 Å². The van der Waals surface area contributed by atoms with Crippen molar-refractivity contribution in [2.75, 3.05) is 31.5 Å². The van der Waals surface area contributed by atoms with Gasteiger partial charge in [0.2, 0.25) is 10.0 Å². The largest absolute Gasteiger partial charge is 0.373 e. The van der Waals surface area contributed by atoms with Gasteiger partial charge in [0.05, 0.1) is 20.5 Å². The molecule has 1 N–H and O–H groups in total. The minimum atomic E-state index is -3.64. The Morgan fingerprint density at radius 1 is 1.18 bits per heavy atom. The summed E-state index contributed by atoms with van der Waals surface area (Å²) in [5.41, 5.74) is 0.458. The number of nitrogens with zero attached hydrogens (tertiary/aromatic N) is 4. The third-order valence-corrected chi connectivity index (χ3v) is 7.26. The second kappa shape index (κ2) is 9.99. The number of carbonyl (C=O) groups excluding carboxylic acids is 1. The van der Waals surface area contributed by atoms with Gasteiger partial charge in [-0.05, 0) is 25.1 Å². The van der Waals surface area contributed by atoms with E-state index in [9.17, 15) is 28.6 Å². The third kappa shape index (κ3) is 5.67. The molecule has 0 spiro atoms. The van der Waals surface area contributed by atoms with Gasteiger partial charge in [-0.2, -0.15) is 9.57 Å². The van der Waals surface area contributed by atoms with Crippen LogP contribution in [0.3, 0.4) is 0 Å². The summed E-state index contributed by atoms with van der Waals surface area (Å²) in [6, 6.07) is 12.0. The van der Waals surface area contributed by atoms with E-state index in [0.29, 0.717) is 0 Å². The molecule has 1 amide bonds. The number of sulfonamides is 1. The molecule has 1 saturated heterocycles. The molecule has 0 atom stereocenters. The number of hydrogen-bond acceptors (Lipinski definition) is 7. The molecule has 0 saturated carbocycles. The Balaban J connectivity index is 1.68. The standard InChI is InChI=1S/C21H20ClN5O5S/c1-15-2-5-18(6-3-15)33(31,32)26-10-8-25(9-11-26)14-16(13-23)21(28)24-20-12-17(27(29)30)4-7-19(20)22/h2-7,12,14H,8-11H2,1H3,(H,24,28)/b16-14-. The number of halogens is 1. The topological polar surface area (TPSA) is 137 Å². The molecular formula is C21H20ClN5O5S. The highest BCUT2D eigenvalue weighted by Crippen LogP contribution is 2.27. The van der Waals surface area contributed by atoms with Crippen molar-refractivity contribution in [1.82, 2.24) is 9.21 Å². The summed E-state index contributed by atoms with van der Waals surface area (Å²) >= 11 is 5.99. The summed E-state index contributed by atoms with van der Waals surface area (Å²) in [4.78, 5) is 24.7. The SMILES string of the molecule is Cc1ccc(S(=O)(=O)N2CCN(/C=C(/C#N)C(=O)Nc3cc([N+](=O)[O-])ccc3Cl)CC2)cc1. The van der Waals surface area contributed by atoms with Gasteiger partial charge in [0.1, 0.15) is 11.6 Å². The maximum Gasteiger partial charge on any atom is 0.271 e. The smallest absolute Gasteiger partial charge is 0.271 e. The number of nitro benzene ring substituents is 1. The molecule has 33 heavy (non-hydrogen) atoms. The molecule has 12 heteroatoms. The molecule has 0 aliphatic carbocycles. The molecule has 0 radical (unpaired) electrons. The molecule has 172 valence electrons. The first-order valence-corrected chi connectivity index (χ1v) is 11.6. The summed E-state index contributed by atoms with van der Waals surface area (Å²) in [6.07, 6.45) is 1.34. The van der Waals surface area contributed by atoms with E-state index in [4.69, 9.17) is 11.6 Å². The van der Waals surface area contributed by atoms with Crippen LogP contribution in [0.1, 0.15) is 5.56 Å². The molecule has 10 nitrogen and oxygen atoms in total. The van der Waals surface area contributed by atoms with Crippen molar-refractivity contribution < 1.29 is 18.1 Å². The zero-order valence-electron chi connectivity index (χ0n) is 17.6. The highest BCUT2D eigenvalue weighted by Gasteiger charge is 2.28. The van der Waals surface area contributed by atoms with Crippen molar-refractivity contribution >= 4 is 38.9 Å². The first kappa shape index (κ1) is 24.2. The first-order chi connectivity index (χ1) is 15.6. The van der Waals surface area contributed by atoms with Crippen LogP contribution in [0.5, 0.6) is 0 Å². The molecule has 2 aromatic carbocycles. The highest BCUT2D eigenvalue weighted by molar-refractivity contribution is 7.89. The fourth-order valence-electron chi connectivity index (χ4n) is 3.17. The van der Waals surface area contributed by atoms with E-state index in [1.54, 1.807) is 35.2 Å². The summed E-state index contributed by atoms with van der Waals surface area (Å²) < 4.78 is 27.0. The molecule has 3 rings (SSSR count). The van der Waals surface area contributed by atoms with Crippen LogP contribution in [-0.4, -0.2) is 54.6 Å². The molecule has 0 bridgehead atoms. The van der Waals surface area contributed by atoms with Crippen molar-refractivity contribution in [3.05, 3.63) is 74.9 Å². The predicted octanol–water partition coefficient (Wildman–Crippen LogP) is 2.91. The van der Waals surface area contributed by atoms with E-state index in [2.05, 4.69) is 5.32 Å². The van der Waals surface area contributed by atoms with Gasteiger partial charge in [-0.3, -0.25) is 14.9 Å². The van der Waals surface area contributed by atoms with Gasteiger partial charge in [0.15, 0.2) is 0 Å². The maximum atomic E-state index is 12.8. The van der Waals surface area contributed by atoms with Gasteiger partial charge in [0, 0.05) is 44.5 Å². The van der Waals surface area contributed by atoms with Gasteiger partial charge < -0.3 is 10.2 Å². The van der Waals surface area contributed by atoms with Gasteiger partial charge in [-0.1, -0.05) is 29.3 Å². The lowest BCUT2D eigenvalue weighted by Gasteiger charge is -2.33. The zero-order valence-corrected chi connectivity index (χ0v) is 19.1. The fourth-order valence-corrected chi connectivity index (χ4v) is 4.75. The van der Waals surface area contributed by atoms with Crippen LogP contribution in [-0.2, 0) is 14.8 Å². The number of anilines is 1. The number of hydrogen-bond donors (Lipinski definition) is 1. The van der Waals surface area contributed by atoms with Gasteiger partial charge in [-0.25, -0.2) is 8.42 Å². The number of carbonyl (C=O) groups is 1. The molecule has 2 aromatic rings. The minimum absolute atomic E-state index is 0.00558. The normalized spacial score (nSPS) is 15.1. The monoisotopic (exact) mass is 489 g/mol. The summed E-state index contributed by atoms with van der Waals surface area (Å²) in [6.45, 7) is 2.80. The average molecular weight is 490 g/mol. The van der Waals surface area contributed by atoms with Crippen LogP contribution in [0.2, 0.25) is 5.02 Å². The molecule has 1 heterocycles. The fraction of sp³-hybridized carbons (Fsp3) is 0.238. The predicted molar refractivity (Wildman–Crippen MR) is 122 cm³/mol. The Kier molecular flexibility index (Phi) is 7.33. The van der Waals surface area contributed by atoms with E-state index in [-0.39, 0.29) is 53.0 Å². The van der Waals surface area contributed by atoms with E-state index in [1.807, 2.05) is 6.92 Å². The quantitative estimate of drug-likeness (QED) is 0.285. The Bertz CT molecular complexity index is 1250. The average Bonchev–Trinajstić information content (AvgIpc) is 2.79. The molecular weight excluding hydrogens is 470 g/mol. The van der Waals surface area contributed by atoms with Crippen molar-refractivity contribution in [2.45, 2.75) is 11.8 Å². The van der Waals surface area contributed by atoms with Crippen LogP contribution < -0.4 is 5.32 Å². The second-order valence-corrected chi connectivity index (χ2v) is 9.63. The summed E-state index contributed by atoms with van der Waals surface area (Å²) in [5, 5.41) is 22.8. The number of nitro groups is 1. The number of nitrogens with one attached hydrogen (secondary N) is 1. The Labute approximate surface area is 195 Å². The van der Waals surface area contributed by atoms with Crippen molar-refractivity contribution in [2.24, 2.45) is 0 Å². The lowest BCUT2D eigenvalue weighted by Crippen LogP contribution is -2.46.